The number of anilines is 3. The minimum absolute atomic E-state index is 0.0259. The Kier molecular flexibility index (Phi) is 4.98. The normalized spacial score (nSPS) is 25.5. The summed E-state index contributed by atoms with van der Waals surface area (Å²) in [5.74, 6) is 3.26. The van der Waals surface area contributed by atoms with Gasteiger partial charge >= 0.3 is 0 Å². The second-order valence-electron chi connectivity index (χ2n) is 10.6. The third-order valence-corrected chi connectivity index (χ3v) is 8.51. The number of hydrogen-bond acceptors (Lipinski definition) is 7. The van der Waals surface area contributed by atoms with Gasteiger partial charge in [-0.25, -0.2) is 15.0 Å². The highest BCUT2D eigenvalue weighted by molar-refractivity contribution is 5.81. The van der Waals surface area contributed by atoms with Crippen LogP contribution in [0.25, 0.3) is 0 Å². The van der Waals surface area contributed by atoms with E-state index in [4.69, 9.17) is 9.97 Å². The van der Waals surface area contributed by atoms with Crippen molar-refractivity contribution in [3.63, 3.8) is 0 Å². The molecular formula is C26H31N7O. The topological polar surface area (TPSA) is 89.2 Å². The van der Waals surface area contributed by atoms with Crippen molar-refractivity contribution < 1.29 is 4.79 Å². The van der Waals surface area contributed by atoms with Gasteiger partial charge in [0.2, 0.25) is 5.91 Å². The van der Waals surface area contributed by atoms with Crippen molar-refractivity contribution in [3.8, 4) is 6.07 Å². The molecule has 1 saturated heterocycles. The Morgan fingerprint density at radius 1 is 1.09 bits per heavy atom. The third kappa shape index (κ3) is 3.17. The quantitative estimate of drug-likeness (QED) is 0.696. The van der Waals surface area contributed by atoms with Crippen molar-refractivity contribution in [2.75, 3.05) is 29.4 Å². The summed E-state index contributed by atoms with van der Waals surface area (Å²) in [5, 5.41) is 9.39. The van der Waals surface area contributed by atoms with Gasteiger partial charge in [-0.3, -0.25) is 4.79 Å². The lowest BCUT2D eigenvalue weighted by Gasteiger charge is -2.48. The molecule has 2 aromatic rings. The lowest BCUT2D eigenvalue weighted by molar-refractivity contribution is -0.141. The van der Waals surface area contributed by atoms with Crippen LogP contribution in [0.3, 0.4) is 0 Å². The number of carbonyl (C=O) groups is 1. The zero-order valence-corrected chi connectivity index (χ0v) is 19.9. The number of piperazine rings is 1. The van der Waals surface area contributed by atoms with E-state index in [0.29, 0.717) is 11.5 Å². The molecule has 2 aromatic heterocycles. The van der Waals surface area contributed by atoms with Crippen molar-refractivity contribution in [1.29, 1.82) is 5.26 Å². The highest BCUT2D eigenvalue weighted by atomic mass is 16.2. The van der Waals surface area contributed by atoms with E-state index >= 15 is 0 Å². The summed E-state index contributed by atoms with van der Waals surface area (Å²) in [5.41, 5.74) is 1.85. The molecule has 6 rings (SSSR count). The van der Waals surface area contributed by atoms with Crippen LogP contribution >= 0.6 is 0 Å². The van der Waals surface area contributed by atoms with Gasteiger partial charge in [0, 0.05) is 54.8 Å². The second kappa shape index (κ2) is 7.93. The largest absolute Gasteiger partial charge is 0.350 e. The molecule has 2 saturated carbocycles. The van der Waals surface area contributed by atoms with E-state index in [2.05, 4.69) is 39.6 Å². The van der Waals surface area contributed by atoms with Crippen molar-refractivity contribution in [1.82, 2.24) is 19.9 Å². The first kappa shape index (κ1) is 21.3. The highest BCUT2D eigenvalue weighted by Gasteiger charge is 2.52. The van der Waals surface area contributed by atoms with Gasteiger partial charge in [-0.05, 0) is 51.7 Å². The maximum Gasteiger partial charge on any atom is 0.226 e. The minimum atomic E-state index is 0.0259. The molecule has 4 heterocycles. The average molecular weight is 458 g/mol. The summed E-state index contributed by atoms with van der Waals surface area (Å²) >= 11 is 0. The van der Waals surface area contributed by atoms with E-state index in [-0.39, 0.29) is 23.4 Å². The van der Waals surface area contributed by atoms with Crippen molar-refractivity contribution in [3.05, 3.63) is 35.8 Å². The van der Waals surface area contributed by atoms with Gasteiger partial charge in [-0.2, -0.15) is 5.26 Å². The van der Waals surface area contributed by atoms with Gasteiger partial charge in [-0.15, -0.1) is 0 Å². The van der Waals surface area contributed by atoms with E-state index in [9.17, 15) is 10.1 Å². The molecule has 2 aliphatic heterocycles. The summed E-state index contributed by atoms with van der Waals surface area (Å²) in [6.45, 7) is 6.71. The van der Waals surface area contributed by atoms with Crippen molar-refractivity contribution >= 4 is 23.4 Å². The molecule has 2 atom stereocenters. The van der Waals surface area contributed by atoms with Gasteiger partial charge in [-0.1, -0.05) is 12.8 Å². The molecule has 0 bridgehead atoms. The van der Waals surface area contributed by atoms with Crippen molar-refractivity contribution in [2.24, 2.45) is 5.92 Å². The first-order chi connectivity index (χ1) is 16.5. The van der Waals surface area contributed by atoms with Crippen LogP contribution in [-0.2, 0) is 10.2 Å². The van der Waals surface area contributed by atoms with Crippen LogP contribution in [0.15, 0.2) is 24.7 Å². The first-order valence-corrected chi connectivity index (χ1v) is 12.6. The number of fused-ring (bicyclic) bond motifs is 2. The van der Waals surface area contributed by atoms with E-state index in [1.54, 1.807) is 18.6 Å². The zero-order valence-electron chi connectivity index (χ0n) is 19.9. The fraction of sp³-hybridized carbons (Fsp3) is 0.577. The molecule has 1 amide bonds. The fourth-order valence-electron chi connectivity index (χ4n) is 6.18. The molecule has 8 nitrogen and oxygen atoms in total. The molecule has 34 heavy (non-hydrogen) atoms. The molecule has 4 aliphatic rings. The smallest absolute Gasteiger partial charge is 0.226 e. The van der Waals surface area contributed by atoms with Crippen LogP contribution in [0.5, 0.6) is 0 Å². The number of nitriles is 1. The Morgan fingerprint density at radius 3 is 2.56 bits per heavy atom. The molecule has 2 aliphatic carbocycles. The predicted molar refractivity (Wildman–Crippen MR) is 129 cm³/mol. The standard InChI is InChI=1S/C26H31N7O/c1-17-14-32(25(34)20-5-3-6-20)18(2)13-31(17)23-22-24(30-16-29-23)33(15-26(22)8-4-9-26)21-11-19(12-27)7-10-28-21/h7,10-11,16-18,20H,3-6,8-9,13-15H2,1-2H3/t17-,18+/m0/s1. The molecule has 1 spiro atoms. The number of aromatic nitrogens is 3. The highest BCUT2D eigenvalue weighted by Crippen LogP contribution is 2.56. The number of rotatable bonds is 3. The van der Waals surface area contributed by atoms with Crippen LogP contribution in [0.4, 0.5) is 17.5 Å². The number of carbonyl (C=O) groups excluding carboxylic acids is 1. The van der Waals surface area contributed by atoms with Crippen molar-refractivity contribution in [2.45, 2.75) is 69.9 Å². The summed E-state index contributed by atoms with van der Waals surface area (Å²) in [6, 6.07) is 6.14. The van der Waals surface area contributed by atoms with Crippen LogP contribution in [0.1, 0.15) is 63.5 Å². The molecule has 0 radical (unpaired) electrons. The zero-order chi connectivity index (χ0) is 23.4. The predicted octanol–water partition coefficient (Wildman–Crippen LogP) is 3.54. The van der Waals surface area contributed by atoms with Crippen LogP contribution in [-0.4, -0.2) is 57.5 Å². The van der Waals surface area contributed by atoms with Gasteiger partial charge in [0.15, 0.2) is 0 Å². The van der Waals surface area contributed by atoms with Crippen LogP contribution in [0, 0.1) is 17.2 Å². The van der Waals surface area contributed by atoms with Gasteiger partial charge in [0.05, 0.1) is 11.6 Å². The maximum absolute atomic E-state index is 13.0. The number of nitrogens with zero attached hydrogens (tertiary/aromatic N) is 7. The maximum atomic E-state index is 13.0. The van der Waals surface area contributed by atoms with Crippen LogP contribution < -0.4 is 9.80 Å². The fourth-order valence-corrected chi connectivity index (χ4v) is 6.18. The summed E-state index contributed by atoms with van der Waals surface area (Å²) < 4.78 is 0. The van der Waals surface area contributed by atoms with E-state index in [1.807, 2.05) is 6.07 Å². The van der Waals surface area contributed by atoms with Gasteiger partial charge in [0.1, 0.15) is 23.8 Å². The summed E-state index contributed by atoms with van der Waals surface area (Å²) in [4.78, 5) is 33.9. The molecule has 8 heteroatoms. The lowest BCUT2D eigenvalue weighted by atomic mass is 9.66. The molecule has 176 valence electrons. The van der Waals surface area contributed by atoms with Gasteiger partial charge in [0.25, 0.3) is 0 Å². The average Bonchev–Trinajstić information content (AvgIpc) is 3.16. The Bertz CT molecular complexity index is 1170. The molecule has 3 fully saturated rings. The lowest BCUT2D eigenvalue weighted by Crippen LogP contribution is -2.60. The Morgan fingerprint density at radius 2 is 1.88 bits per heavy atom. The van der Waals surface area contributed by atoms with E-state index in [1.165, 1.54) is 18.4 Å². The molecule has 0 N–H and O–H groups in total. The molecule has 0 unspecified atom stereocenters. The van der Waals surface area contributed by atoms with Gasteiger partial charge < -0.3 is 14.7 Å². The van der Waals surface area contributed by atoms with E-state index in [0.717, 1.165) is 62.8 Å². The Hall–Kier alpha value is -3.21. The molecular weight excluding hydrogens is 426 g/mol. The summed E-state index contributed by atoms with van der Waals surface area (Å²) in [7, 11) is 0. The SMILES string of the molecule is C[C@@H]1CN(c2ncnc3c2C2(CCC2)CN3c2cc(C#N)ccn2)[C@@H](C)CN1C(=O)C1CCC1. The Balaban J connectivity index is 1.35. The van der Waals surface area contributed by atoms with E-state index < -0.39 is 0 Å². The van der Waals surface area contributed by atoms with Crippen LogP contribution in [0.2, 0.25) is 0 Å². The monoisotopic (exact) mass is 457 g/mol. The first-order valence-electron chi connectivity index (χ1n) is 12.6. The third-order valence-electron chi connectivity index (χ3n) is 8.51. The summed E-state index contributed by atoms with van der Waals surface area (Å²) in [6.07, 6.45) is 10.0. The number of amides is 1. The number of pyridine rings is 1. The second-order valence-corrected chi connectivity index (χ2v) is 10.6. The molecule has 0 aromatic carbocycles. The Labute approximate surface area is 200 Å². The minimum Gasteiger partial charge on any atom is -0.350 e. The number of hydrogen-bond donors (Lipinski definition) is 0.